The summed E-state index contributed by atoms with van der Waals surface area (Å²) in [5, 5.41) is 9.45. The van der Waals surface area contributed by atoms with Crippen LogP contribution in [-0.4, -0.2) is 18.1 Å². The molecule has 0 saturated carbocycles. The number of pyridine rings is 1. The molecule has 0 spiro atoms. The van der Waals surface area contributed by atoms with E-state index in [9.17, 15) is 0 Å². The molecule has 1 heterocycles. The third kappa shape index (κ3) is 3.47. The minimum Gasteiger partial charge on any atom is -0.383 e. The lowest BCUT2D eigenvalue weighted by molar-refractivity contribution is 0.707. The van der Waals surface area contributed by atoms with Crippen molar-refractivity contribution in [3.8, 4) is 0 Å². The predicted octanol–water partition coefficient (Wildman–Crippen LogP) is 4.59. The second-order valence-corrected chi connectivity index (χ2v) is 6.11. The average molecular weight is 327 g/mol. The lowest BCUT2D eigenvalue weighted by Gasteiger charge is -2.13. The standard InChI is InChI=1S/C22H21N3/c1-2-8-17(9-3-1)16-23-14-15-24-22-18-10-4-6-12-20(18)25-21-13-7-5-11-19(21)22/h1-13,23H,14-16H2,(H,24,25). The number of benzene rings is 3. The van der Waals surface area contributed by atoms with Gasteiger partial charge >= 0.3 is 0 Å². The topological polar surface area (TPSA) is 37.0 Å². The molecular weight excluding hydrogens is 306 g/mol. The number of rotatable bonds is 6. The molecule has 3 heteroatoms. The van der Waals surface area contributed by atoms with Crippen LogP contribution in [-0.2, 0) is 6.54 Å². The molecule has 0 bridgehead atoms. The predicted molar refractivity (Wildman–Crippen MR) is 106 cm³/mol. The summed E-state index contributed by atoms with van der Waals surface area (Å²) in [6.07, 6.45) is 0. The van der Waals surface area contributed by atoms with Gasteiger partial charge in [-0.25, -0.2) is 4.98 Å². The monoisotopic (exact) mass is 327 g/mol. The molecule has 25 heavy (non-hydrogen) atoms. The van der Waals surface area contributed by atoms with Crippen molar-refractivity contribution in [1.82, 2.24) is 10.3 Å². The van der Waals surface area contributed by atoms with E-state index in [0.717, 1.165) is 30.7 Å². The molecule has 4 rings (SSSR count). The molecule has 3 aromatic carbocycles. The van der Waals surface area contributed by atoms with E-state index in [0.29, 0.717) is 0 Å². The number of nitrogens with one attached hydrogen (secondary N) is 2. The third-order valence-corrected chi connectivity index (χ3v) is 4.36. The van der Waals surface area contributed by atoms with Gasteiger partial charge in [-0.05, 0) is 17.7 Å². The number of para-hydroxylation sites is 2. The summed E-state index contributed by atoms with van der Waals surface area (Å²) in [5.74, 6) is 0. The molecule has 0 radical (unpaired) electrons. The molecule has 0 saturated heterocycles. The van der Waals surface area contributed by atoms with Crippen molar-refractivity contribution >= 4 is 27.5 Å². The van der Waals surface area contributed by atoms with Gasteiger partial charge in [-0.1, -0.05) is 66.7 Å². The Morgan fingerprint density at radius 2 is 1.24 bits per heavy atom. The van der Waals surface area contributed by atoms with Gasteiger partial charge < -0.3 is 10.6 Å². The maximum atomic E-state index is 4.77. The third-order valence-electron chi connectivity index (χ3n) is 4.36. The van der Waals surface area contributed by atoms with Crippen molar-refractivity contribution in [3.63, 3.8) is 0 Å². The summed E-state index contributed by atoms with van der Waals surface area (Å²) < 4.78 is 0. The number of anilines is 1. The van der Waals surface area contributed by atoms with Crippen molar-refractivity contribution in [2.24, 2.45) is 0 Å². The fourth-order valence-corrected chi connectivity index (χ4v) is 3.13. The van der Waals surface area contributed by atoms with E-state index in [1.807, 2.05) is 18.2 Å². The fourth-order valence-electron chi connectivity index (χ4n) is 3.13. The van der Waals surface area contributed by atoms with Crippen LogP contribution in [0.3, 0.4) is 0 Å². The first-order valence-corrected chi connectivity index (χ1v) is 8.68. The van der Waals surface area contributed by atoms with Crippen LogP contribution in [0.1, 0.15) is 5.56 Å². The van der Waals surface area contributed by atoms with E-state index in [-0.39, 0.29) is 0 Å². The lowest BCUT2D eigenvalue weighted by Crippen LogP contribution is -2.22. The zero-order chi connectivity index (χ0) is 16.9. The molecule has 0 aliphatic heterocycles. The van der Waals surface area contributed by atoms with E-state index in [1.165, 1.54) is 22.0 Å². The molecular formula is C22H21N3. The van der Waals surface area contributed by atoms with E-state index in [1.54, 1.807) is 0 Å². The van der Waals surface area contributed by atoms with Gasteiger partial charge in [0.1, 0.15) is 0 Å². The molecule has 1 aromatic heterocycles. The highest BCUT2D eigenvalue weighted by molar-refractivity contribution is 6.07. The first-order chi connectivity index (χ1) is 12.4. The van der Waals surface area contributed by atoms with Crippen molar-refractivity contribution in [3.05, 3.63) is 84.4 Å². The summed E-state index contributed by atoms with van der Waals surface area (Å²) in [7, 11) is 0. The zero-order valence-electron chi connectivity index (χ0n) is 14.1. The van der Waals surface area contributed by atoms with Crippen LogP contribution < -0.4 is 10.6 Å². The van der Waals surface area contributed by atoms with Gasteiger partial charge in [0.25, 0.3) is 0 Å². The Bertz CT molecular complexity index is 926. The maximum absolute atomic E-state index is 4.77. The molecule has 0 unspecified atom stereocenters. The van der Waals surface area contributed by atoms with Gasteiger partial charge in [-0.3, -0.25) is 0 Å². The van der Waals surface area contributed by atoms with E-state index >= 15 is 0 Å². The van der Waals surface area contributed by atoms with Gasteiger partial charge in [-0.2, -0.15) is 0 Å². The molecule has 3 nitrogen and oxygen atoms in total. The number of nitrogens with zero attached hydrogens (tertiary/aromatic N) is 1. The van der Waals surface area contributed by atoms with Crippen molar-refractivity contribution in [2.45, 2.75) is 6.54 Å². The Hall–Kier alpha value is -2.91. The Labute approximate surface area is 147 Å². The summed E-state index contributed by atoms with van der Waals surface area (Å²) in [6.45, 7) is 2.66. The van der Waals surface area contributed by atoms with E-state index in [2.05, 4.69) is 71.3 Å². The number of fused-ring (bicyclic) bond motifs is 2. The molecule has 4 aromatic rings. The van der Waals surface area contributed by atoms with Gasteiger partial charge in [-0.15, -0.1) is 0 Å². The second kappa shape index (κ2) is 7.32. The number of hydrogen-bond donors (Lipinski definition) is 2. The van der Waals surface area contributed by atoms with Gasteiger partial charge in [0.15, 0.2) is 0 Å². The molecule has 0 aliphatic carbocycles. The van der Waals surface area contributed by atoms with Crippen molar-refractivity contribution in [1.29, 1.82) is 0 Å². The summed E-state index contributed by atoms with van der Waals surface area (Å²) >= 11 is 0. The largest absolute Gasteiger partial charge is 0.383 e. The quantitative estimate of drug-likeness (QED) is 0.402. The average Bonchev–Trinajstić information content (AvgIpc) is 2.68. The minimum absolute atomic E-state index is 0.866. The normalized spacial score (nSPS) is 11.0. The molecule has 0 aliphatic rings. The summed E-state index contributed by atoms with van der Waals surface area (Å²) in [4.78, 5) is 4.77. The lowest BCUT2D eigenvalue weighted by atomic mass is 10.1. The highest BCUT2D eigenvalue weighted by atomic mass is 14.9. The Kier molecular flexibility index (Phi) is 4.57. The second-order valence-electron chi connectivity index (χ2n) is 6.11. The SMILES string of the molecule is c1ccc(CNCCNc2c3ccccc3nc3ccccc23)cc1. The number of aromatic nitrogens is 1. The summed E-state index contributed by atoms with van der Waals surface area (Å²) in [6, 6.07) is 27.1. The first-order valence-electron chi connectivity index (χ1n) is 8.68. The number of hydrogen-bond acceptors (Lipinski definition) is 3. The van der Waals surface area contributed by atoms with Crippen LogP contribution in [0, 0.1) is 0 Å². The first kappa shape index (κ1) is 15.6. The summed E-state index contributed by atoms with van der Waals surface area (Å²) in [5.41, 5.74) is 4.53. The molecule has 0 fully saturated rings. The van der Waals surface area contributed by atoms with Crippen LogP contribution in [0.5, 0.6) is 0 Å². The highest BCUT2D eigenvalue weighted by Crippen LogP contribution is 2.30. The minimum atomic E-state index is 0.866. The maximum Gasteiger partial charge on any atom is 0.0730 e. The fraction of sp³-hybridized carbons (Fsp3) is 0.136. The highest BCUT2D eigenvalue weighted by Gasteiger charge is 2.07. The van der Waals surface area contributed by atoms with Crippen LogP contribution >= 0.6 is 0 Å². The molecule has 2 N–H and O–H groups in total. The van der Waals surface area contributed by atoms with Gasteiger partial charge in [0, 0.05) is 30.4 Å². The van der Waals surface area contributed by atoms with Crippen molar-refractivity contribution in [2.75, 3.05) is 18.4 Å². The molecule has 124 valence electrons. The van der Waals surface area contributed by atoms with E-state index < -0.39 is 0 Å². The van der Waals surface area contributed by atoms with Gasteiger partial charge in [0.05, 0.1) is 16.7 Å². The smallest absolute Gasteiger partial charge is 0.0730 e. The Morgan fingerprint density at radius 3 is 1.92 bits per heavy atom. The zero-order valence-corrected chi connectivity index (χ0v) is 14.1. The van der Waals surface area contributed by atoms with Crippen LogP contribution in [0.15, 0.2) is 78.9 Å². The van der Waals surface area contributed by atoms with Crippen molar-refractivity contribution < 1.29 is 0 Å². The molecule has 0 amide bonds. The Balaban J connectivity index is 1.50. The van der Waals surface area contributed by atoms with Gasteiger partial charge in [0.2, 0.25) is 0 Å². The van der Waals surface area contributed by atoms with Crippen LogP contribution in [0.2, 0.25) is 0 Å². The van der Waals surface area contributed by atoms with E-state index in [4.69, 9.17) is 4.98 Å². The Morgan fingerprint density at radius 1 is 0.640 bits per heavy atom. The van der Waals surface area contributed by atoms with Crippen LogP contribution in [0.4, 0.5) is 5.69 Å². The molecule has 0 atom stereocenters. The van der Waals surface area contributed by atoms with Crippen LogP contribution in [0.25, 0.3) is 21.8 Å².